The number of rotatable bonds is 5. The van der Waals surface area contributed by atoms with Crippen LogP contribution in [0.5, 0.6) is 0 Å². The first kappa shape index (κ1) is 14.8. The Hall–Kier alpha value is -2.24. The quantitative estimate of drug-likeness (QED) is 0.353. The van der Waals surface area contributed by atoms with Crippen molar-refractivity contribution in [1.82, 2.24) is 0 Å². The van der Waals surface area contributed by atoms with Crippen molar-refractivity contribution in [2.45, 2.75) is 26.9 Å². The molecule has 102 valence electrons. The minimum absolute atomic E-state index is 0.0284. The van der Waals surface area contributed by atoms with E-state index in [2.05, 4.69) is 0 Å². The third-order valence-electron chi connectivity index (χ3n) is 2.83. The van der Waals surface area contributed by atoms with E-state index < -0.39 is 22.9 Å². The van der Waals surface area contributed by atoms with Crippen LogP contribution < -0.4 is 0 Å². The fourth-order valence-electron chi connectivity index (χ4n) is 1.38. The number of nitro groups is 1. The lowest BCUT2D eigenvalue weighted by Gasteiger charge is -2.15. The molecule has 0 radical (unpaired) electrons. The number of nitrogens with zero attached hydrogens (tertiary/aromatic N) is 1. The Labute approximate surface area is 110 Å². The van der Waals surface area contributed by atoms with Gasteiger partial charge in [-0.1, -0.05) is 0 Å². The molecule has 0 aliphatic rings. The molecule has 0 N–H and O–H groups in total. The van der Waals surface area contributed by atoms with E-state index in [1.807, 2.05) is 0 Å². The number of esters is 1. The summed E-state index contributed by atoms with van der Waals surface area (Å²) in [6.45, 7) is 4.45. The molecule has 0 saturated heterocycles. The Balaban J connectivity index is 2.73. The molecule has 6 heteroatoms. The lowest BCUT2D eigenvalue weighted by molar-refractivity contribution is -0.384. The van der Waals surface area contributed by atoms with Gasteiger partial charge in [0.25, 0.3) is 5.69 Å². The van der Waals surface area contributed by atoms with E-state index in [-0.39, 0.29) is 11.5 Å². The molecule has 0 spiro atoms. The first-order valence-corrected chi connectivity index (χ1v) is 5.78. The maximum Gasteiger partial charge on any atom is 0.316 e. The summed E-state index contributed by atoms with van der Waals surface area (Å²) in [6, 6.07) is 5.73. The van der Waals surface area contributed by atoms with E-state index >= 15 is 0 Å². The Bertz CT molecular complexity index is 494. The lowest BCUT2D eigenvalue weighted by Crippen LogP contribution is -2.22. The van der Waals surface area contributed by atoms with Crippen LogP contribution in [0, 0.1) is 16.0 Å². The number of hydrogen-bond donors (Lipinski definition) is 0. The molecule has 2 atom stereocenters. The fourth-order valence-corrected chi connectivity index (χ4v) is 1.38. The molecule has 1 aromatic carbocycles. The number of carbonyl (C=O) groups is 2. The maximum absolute atomic E-state index is 11.6. The minimum Gasteiger partial charge on any atom is -0.457 e. The predicted molar refractivity (Wildman–Crippen MR) is 67.4 cm³/mol. The van der Waals surface area contributed by atoms with Crippen molar-refractivity contribution in [3.63, 3.8) is 0 Å². The number of non-ortho nitro benzene ring substituents is 1. The van der Waals surface area contributed by atoms with Gasteiger partial charge < -0.3 is 4.74 Å². The average Bonchev–Trinajstić information content (AvgIpc) is 2.37. The molecule has 6 nitrogen and oxygen atoms in total. The third kappa shape index (κ3) is 3.87. The molecule has 0 heterocycles. The summed E-state index contributed by atoms with van der Waals surface area (Å²) < 4.78 is 5.13. The Morgan fingerprint density at radius 2 is 1.74 bits per heavy atom. The molecule has 1 rings (SSSR count). The summed E-state index contributed by atoms with van der Waals surface area (Å²) in [5, 5.41) is 10.5. The SMILES string of the molecule is CC(=O)C(C)C(=O)OC(C)c1ccc([N+](=O)[O-])cc1. The minimum atomic E-state index is -0.805. The molecule has 0 aliphatic carbocycles. The maximum atomic E-state index is 11.6. The largest absolute Gasteiger partial charge is 0.457 e. The molecule has 2 unspecified atom stereocenters. The van der Waals surface area contributed by atoms with Gasteiger partial charge in [0.1, 0.15) is 17.8 Å². The second-order valence-electron chi connectivity index (χ2n) is 4.26. The Morgan fingerprint density at radius 1 is 1.21 bits per heavy atom. The van der Waals surface area contributed by atoms with Crippen LogP contribution in [0.1, 0.15) is 32.4 Å². The average molecular weight is 265 g/mol. The number of ether oxygens (including phenoxy) is 1. The van der Waals surface area contributed by atoms with Crippen LogP contribution >= 0.6 is 0 Å². The van der Waals surface area contributed by atoms with E-state index in [0.717, 1.165) is 0 Å². The van der Waals surface area contributed by atoms with Crippen LogP contribution in [0.25, 0.3) is 0 Å². The van der Waals surface area contributed by atoms with Crippen LogP contribution in [-0.4, -0.2) is 16.7 Å². The highest BCUT2D eigenvalue weighted by molar-refractivity contribution is 5.97. The molecule has 0 aromatic heterocycles. The number of benzene rings is 1. The van der Waals surface area contributed by atoms with Crippen molar-refractivity contribution in [3.05, 3.63) is 39.9 Å². The molecular weight excluding hydrogens is 250 g/mol. The van der Waals surface area contributed by atoms with E-state index in [1.54, 1.807) is 6.92 Å². The molecule has 0 bridgehead atoms. The monoisotopic (exact) mass is 265 g/mol. The van der Waals surface area contributed by atoms with E-state index in [0.29, 0.717) is 5.56 Å². The fraction of sp³-hybridized carbons (Fsp3) is 0.385. The van der Waals surface area contributed by atoms with Gasteiger partial charge in [-0.15, -0.1) is 0 Å². The van der Waals surface area contributed by atoms with Crippen molar-refractivity contribution in [2.24, 2.45) is 5.92 Å². The van der Waals surface area contributed by atoms with Crippen molar-refractivity contribution in [3.8, 4) is 0 Å². The van der Waals surface area contributed by atoms with Gasteiger partial charge in [0.2, 0.25) is 0 Å². The highest BCUT2D eigenvalue weighted by Crippen LogP contribution is 2.21. The van der Waals surface area contributed by atoms with Crippen LogP contribution in [0.15, 0.2) is 24.3 Å². The molecule has 0 fully saturated rings. The van der Waals surface area contributed by atoms with Gasteiger partial charge in [-0.25, -0.2) is 0 Å². The second-order valence-corrected chi connectivity index (χ2v) is 4.26. The van der Waals surface area contributed by atoms with E-state index in [4.69, 9.17) is 4.74 Å². The second kappa shape index (κ2) is 6.08. The topological polar surface area (TPSA) is 86.5 Å². The summed E-state index contributed by atoms with van der Waals surface area (Å²) >= 11 is 0. The van der Waals surface area contributed by atoms with Crippen molar-refractivity contribution in [2.75, 3.05) is 0 Å². The van der Waals surface area contributed by atoms with Crippen molar-refractivity contribution >= 4 is 17.4 Å². The first-order chi connectivity index (χ1) is 8.82. The molecular formula is C13H15NO5. The zero-order valence-corrected chi connectivity index (χ0v) is 11.0. The molecule has 0 saturated carbocycles. The lowest BCUT2D eigenvalue weighted by atomic mass is 10.1. The number of hydrogen-bond acceptors (Lipinski definition) is 5. The van der Waals surface area contributed by atoms with Crippen molar-refractivity contribution in [1.29, 1.82) is 0 Å². The van der Waals surface area contributed by atoms with Crippen LogP contribution in [0.3, 0.4) is 0 Å². The molecule has 0 aliphatic heterocycles. The van der Waals surface area contributed by atoms with Gasteiger partial charge >= 0.3 is 5.97 Å². The predicted octanol–water partition coefficient (Wildman–Crippen LogP) is 2.42. The highest BCUT2D eigenvalue weighted by atomic mass is 16.6. The molecule has 0 amide bonds. The zero-order chi connectivity index (χ0) is 14.6. The number of Topliss-reactive ketones (excluding diaryl/α,β-unsaturated/α-hetero) is 1. The standard InChI is InChI=1S/C13H15NO5/c1-8(9(2)15)13(16)19-10(3)11-4-6-12(7-5-11)14(17)18/h4-8,10H,1-3H3. The highest BCUT2D eigenvalue weighted by Gasteiger charge is 2.22. The van der Waals surface area contributed by atoms with E-state index in [9.17, 15) is 19.7 Å². The van der Waals surface area contributed by atoms with Crippen molar-refractivity contribution < 1.29 is 19.2 Å². The normalized spacial score (nSPS) is 13.4. The molecule has 19 heavy (non-hydrogen) atoms. The van der Waals surface area contributed by atoms with Gasteiger partial charge in [-0.2, -0.15) is 0 Å². The van der Waals surface area contributed by atoms with Crippen LogP contribution in [-0.2, 0) is 14.3 Å². The van der Waals surface area contributed by atoms with Gasteiger partial charge in [0.05, 0.1) is 4.92 Å². The summed E-state index contributed by atoms with van der Waals surface area (Å²) in [4.78, 5) is 32.6. The smallest absolute Gasteiger partial charge is 0.316 e. The van der Waals surface area contributed by atoms with Gasteiger partial charge in [-0.05, 0) is 38.5 Å². The summed E-state index contributed by atoms with van der Waals surface area (Å²) in [5.41, 5.74) is 0.606. The summed E-state index contributed by atoms with van der Waals surface area (Å²) in [6.07, 6.45) is -0.560. The van der Waals surface area contributed by atoms with Crippen LogP contribution in [0.2, 0.25) is 0 Å². The van der Waals surface area contributed by atoms with Gasteiger partial charge in [-0.3, -0.25) is 19.7 Å². The summed E-state index contributed by atoms with van der Waals surface area (Å²) in [7, 11) is 0. The van der Waals surface area contributed by atoms with Gasteiger partial charge in [0, 0.05) is 12.1 Å². The first-order valence-electron chi connectivity index (χ1n) is 5.78. The van der Waals surface area contributed by atoms with E-state index in [1.165, 1.54) is 38.1 Å². The summed E-state index contributed by atoms with van der Waals surface area (Å²) in [5.74, 6) is -1.67. The van der Waals surface area contributed by atoms with Gasteiger partial charge in [0.15, 0.2) is 0 Å². The molecule has 1 aromatic rings. The Morgan fingerprint density at radius 3 is 2.16 bits per heavy atom. The third-order valence-corrected chi connectivity index (χ3v) is 2.83. The zero-order valence-electron chi connectivity index (χ0n) is 11.0. The number of nitro benzene ring substituents is 1. The Kier molecular flexibility index (Phi) is 4.74. The number of ketones is 1. The van der Waals surface area contributed by atoms with Crippen LogP contribution in [0.4, 0.5) is 5.69 Å². The number of carbonyl (C=O) groups excluding carboxylic acids is 2.